The Labute approximate surface area is 101 Å². The molecule has 0 bridgehead atoms. The zero-order chi connectivity index (χ0) is 13.1. The smallest absolute Gasteiger partial charge is 0.168 e. The van der Waals surface area contributed by atoms with Gasteiger partial charge in [0.2, 0.25) is 0 Å². The Morgan fingerprint density at radius 2 is 1.76 bits per heavy atom. The number of anilines is 2. The van der Waals surface area contributed by atoms with Crippen LogP contribution in [0.5, 0.6) is 0 Å². The molecule has 0 fully saturated rings. The summed E-state index contributed by atoms with van der Waals surface area (Å²) in [4.78, 5) is 3.84. The lowest BCUT2D eigenvalue weighted by Gasteiger charge is -2.18. The van der Waals surface area contributed by atoms with Crippen LogP contribution in [-0.2, 0) is 0 Å². The van der Waals surface area contributed by atoms with E-state index in [0.717, 1.165) is 12.5 Å². The molecule has 0 spiro atoms. The lowest BCUT2D eigenvalue weighted by molar-refractivity contribution is 0.389. The lowest BCUT2D eigenvalue weighted by atomic mass is 9.92. The third-order valence-corrected chi connectivity index (χ3v) is 2.33. The molecule has 17 heavy (non-hydrogen) atoms. The van der Waals surface area contributed by atoms with Crippen LogP contribution in [0.2, 0.25) is 0 Å². The normalized spacial score (nSPS) is 11.4. The van der Waals surface area contributed by atoms with Gasteiger partial charge in [-0.15, -0.1) is 0 Å². The molecule has 0 aromatic carbocycles. The average Bonchev–Trinajstić information content (AvgIpc) is 2.19. The number of hydrogen-bond donors (Lipinski definition) is 2. The molecule has 1 aromatic rings. The van der Waals surface area contributed by atoms with Crippen molar-refractivity contribution in [1.82, 2.24) is 4.98 Å². The largest absolute Gasteiger partial charge is 0.371 e. The molecule has 0 atom stereocenters. The van der Waals surface area contributed by atoms with E-state index in [1.54, 1.807) is 7.05 Å². The van der Waals surface area contributed by atoms with Gasteiger partial charge < -0.3 is 10.6 Å². The predicted octanol–water partition coefficient (Wildman–Crippen LogP) is 3.25. The fourth-order valence-electron chi connectivity index (χ4n) is 1.32. The minimum Gasteiger partial charge on any atom is -0.371 e. The maximum absolute atomic E-state index is 13.4. The highest BCUT2D eigenvalue weighted by atomic mass is 19.1. The maximum atomic E-state index is 13.4. The number of aromatic nitrogens is 1. The third-order valence-electron chi connectivity index (χ3n) is 2.33. The molecule has 0 aliphatic carbocycles. The van der Waals surface area contributed by atoms with E-state index in [1.807, 2.05) is 0 Å². The SMILES string of the molecule is CNc1nc(NCCC(C)(C)C)c(F)cc1F. The Kier molecular flexibility index (Phi) is 4.26. The summed E-state index contributed by atoms with van der Waals surface area (Å²) >= 11 is 0. The van der Waals surface area contributed by atoms with Gasteiger partial charge in [-0.05, 0) is 11.8 Å². The van der Waals surface area contributed by atoms with Crippen LogP contribution in [0.1, 0.15) is 27.2 Å². The Morgan fingerprint density at radius 3 is 2.29 bits per heavy atom. The van der Waals surface area contributed by atoms with Gasteiger partial charge in [0.15, 0.2) is 23.3 Å². The average molecular weight is 243 g/mol. The van der Waals surface area contributed by atoms with Crippen LogP contribution in [0.3, 0.4) is 0 Å². The van der Waals surface area contributed by atoms with E-state index in [9.17, 15) is 8.78 Å². The molecule has 3 nitrogen and oxygen atoms in total. The first-order valence-corrected chi connectivity index (χ1v) is 5.61. The van der Waals surface area contributed by atoms with E-state index < -0.39 is 11.6 Å². The van der Waals surface area contributed by atoms with Crippen LogP contribution in [0, 0.1) is 17.0 Å². The van der Waals surface area contributed by atoms with E-state index in [0.29, 0.717) is 6.54 Å². The quantitative estimate of drug-likeness (QED) is 0.852. The number of halogens is 2. The molecule has 96 valence electrons. The Hall–Kier alpha value is -1.39. The van der Waals surface area contributed by atoms with E-state index >= 15 is 0 Å². The summed E-state index contributed by atoms with van der Waals surface area (Å²) < 4.78 is 26.5. The molecule has 0 amide bonds. The Morgan fingerprint density at radius 1 is 1.18 bits per heavy atom. The summed E-state index contributed by atoms with van der Waals surface area (Å²) in [7, 11) is 1.54. The van der Waals surface area contributed by atoms with E-state index in [-0.39, 0.29) is 17.1 Å². The van der Waals surface area contributed by atoms with Gasteiger partial charge in [-0.1, -0.05) is 20.8 Å². The van der Waals surface area contributed by atoms with Crippen molar-refractivity contribution in [2.24, 2.45) is 5.41 Å². The summed E-state index contributed by atoms with van der Waals surface area (Å²) in [5, 5.41) is 5.46. The summed E-state index contributed by atoms with van der Waals surface area (Å²) in [6.45, 7) is 6.90. The minimum atomic E-state index is -0.689. The fraction of sp³-hybridized carbons (Fsp3) is 0.583. The van der Waals surface area contributed by atoms with E-state index in [4.69, 9.17) is 0 Å². The first kappa shape index (κ1) is 13.7. The number of pyridine rings is 1. The zero-order valence-electron chi connectivity index (χ0n) is 10.7. The van der Waals surface area contributed by atoms with Crippen LogP contribution in [0.25, 0.3) is 0 Å². The van der Waals surface area contributed by atoms with Gasteiger partial charge in [-0.25, -0.2) is 13.8 Å². The molecular formula is C12H19F2N3. The van der Waals surface area contributed by atoms with Crippen molar-refractivity contribution in [3.63, 3.8) is 0 Å². The highest BCUT2D eigenvalue weighted by molar-refractivity contribution is 5.47. The molecule has 1 rings (SSSR count). The summed E-state index contributed by atoms with van der Waals surface area (Å²) in [6.07, 6.45) is 0.875. The highest BCUT2D eigenvalue weighted by Gasteiger charge is 2.13. The van der Waals surface area contributed by atoms with Crippen molar-refractivity contribution < 1.29 is 8.78 Å². The molecule has 0 radical (unpaired) electrons. The number of nitrogens with one attached hydrogen (secondary N) is 2. The van der Waals surface area contributed by atoms with Gasteiger partial charge >= 0.3 is 0 Å². The van der Waals surface area contributed by atoms with Crippen LogP contribution in [-0.4, -0.2) is 18.6 Å². The van der Waals surface area contributed by atoms with Gasteiger partial charge in [-0.3, -0.25) is 0 Å². The van der Waals surface area contributed by atoms with Gasteiger partial charge in [0.05, 0.1) is 0 Å². The topological polar surface area (TPSA) is 37.0 Å². The van der Waals surface area contributed by atoms with Crippen LogP contribution in [0.4, 0.5) is 20.4 Å². The van der Waals surface area contributed by atoms with Crippen molar-refractivity contribution >= 4 is 11.6 Å². The molecule has 0 unspecified atom stereocenters. The number of nitrogens with zero attached hydrogens (tertiary/aromatic N) is 1. The maximum Gasteiger partial charge on any atom is 0.168 e. The monoisotopic (exact) mass is 243 g/mol. The molecule has 1 heterocycles. The van der Waals surface area contributed by atoms with E-state index in [1.165, 1.54) is 0 Å². The van der Waals surface area contributed by atoms with Gasteiger partial charge in [0.1, 0.15) is 0 Å². The highest BCUT2D eigenvalue weighted by Crippen LogP contribution is 2.21. The van der Waals surface area contributed by atoms with Crippen LogP contribution in [0.15, 0.2) is 6.07 Å². The third kappa shape index (κ3) is 4.17. The summed E-state index contributed by atoms with van der Waals surface area (Å²) in [5.41, 5.74) is 0.162. The second-order valence-electron chi connectivity index (χ2n) is 5.14. The lowest BCUT2D eigenvalue weighted by Crippen LogP contribution is -2.14. The molecule has 0 saturated carbocycles. The van der Waals surface area contributed by atoms with Crippen molar-refractivity contribution in [1.29, 1.82) is 0 Å². The van der Waals surface area contributed by atoms with Gasteiger partial charge in [-0.2, -0.15) is 0 Å². The summed E-state index contributed by atoms with van der Waals surface area (Å²) in [5.74, 6) is -1.23. The first-order chi connectivity index (χ1) is 7.83. The van der Waals surface area contributed by atoms with Crippen LogP contribution < -0.4 is 10.6 Å². The van der Waals surface area contributed by atoms with Crippen molar-refractivity contribution in [2.75, 3.05) is 24.2 Å². The number of hydrogen-bond acceptors (Lipinski definition) is 3. The predicted molar refractivity (Wildman–Crippen MR) is 66.3 cm³/mol. The first-order valence-electron chi connectivity index (χ1n) is 5.61. The van der Waals surface area contributed by atoms with Crippen LogP contribution >= 0.6 is 0 Å². The number of rotatable bonds is 4. The van der Waals surface area contributed by atoms with E-state index in [2.05, 4.69) is 36.4 Å². The van der Waals surface area contributed by atoms with Crippen molar-refractivity contribution in [3.05, 3.63) is 17.7 Å². The van der Waals surface area contributed by atoms with Gasteiger partial charge in [0.25, 0.3) is 0 Å². The summed E-state index contributed by atoms with van der Waals surface area (Å²) in [6, 6.07) is 0.832. The van der Waals surface area contributed by atoms with Crippen molar-refractivity contribution in [2.45, 2.75) is 27.2 Å². The molecule has 2 N–H and O–H groups in total. The second kappa shape index (κ2) is 5.29. The molecule has 0 saturated heterocycles. The Balaban J connectivity index is 2.71. The fourth-order valence-corrected chi connectivity index (χ4v) is 1.32. The molecular weight excluding hydrogens is 224 g/mol. The standard InChI is InChI=1S/C12H19F2N3/c1-12(2,3)5-6-16-11-9(14)7-8(13)10(15-4)17-11/h7H,5-6H2,1-4H3,(H2,15,16,17). The second-order valence-corrected chi connectivity index (χ2v) is 5.14. The van der Waals surface area contributed by atoms with Gasteiger partial charge in [0, 0.05) is 19.7 Å². The Bertz CT molecular complexity index is 386. The molecule has 0 aliphatic rings. The molecule has 0 aliphatic heterocycles. The van der Waals surface area contributed by atoms with Crippen molar-refractivity contribution in [3.8, 4) is 0 Å². The molecule has 1 aromatic heterocycles. The zero-order valence-corrected chi connectivity index (χ0v) is 10.7. The minimum absolute atomic E-state index is 0.0460. The molecule has 5 heteroatoms.